The van der Waals surface area contributed by atoms with Gasteiger partial charge in [-0.1, -0.05) is 0 Å². The second kappa shape index (κ2) is 6.62. The molecule has 0 atom stereocenters. The lowest BCUT2D eigenvalue weighted by Gasteiger charge is -2.26. The van der Waals surface area contributed by atoms with Gasteiger partial charge in [0.15, 0.2) is 0 Å². The first-order valence-corrected chi connectivity index (χ1v) is 8.17. The lowest BCUT2D eigenvalue weighted by atomic mass is 10.0. The van der Waals surface area contributed by atoms with Crippen molar-refractivity contribution in [2.45, 2.75) is 6.18 Å². The molecule has 0 unspecified atom stereocenters. The molecular formula is C17H14F3N5O2. The molecule has 1 amide bonds. The third-order valence-electron chi connectivity index (χ3n) is 4.34. The number of rotatable bonds is 2. The molecule has 3 aromatic rings. The first-order chi connectivity index (χ1) is 12.9. The fraction of sp³-hybridized carbons (Fsp3) is 0.294. The number of hydrogen-bond donors (Lipinski definition) is 1. The van der Waals surface area contributed by atoms with E-state index < -0.39 is 11.7 Å². The summed E-state index contributed by atoms with van der Waals surface area (Å²) in [6, 6.07) is 2.03. The van der Waals surface area contributed by atoms with E-state index in [4.69, 9.17) is 4.74 Å². The van der Waals surface area contributed by atoms with Crippen LogP contribution >= 0.6 is 0 Å². The molecule has 0 saturated carbocycles. The van der Waals surface area contributed by atoms with Crippen LogP contribution in [0.3, 0.4) is 0 Å². The maximum Gasteiger partial charge on any atom is 0.416 e. The normalized spacial score (nSPS) is 15.3. The van der Waals surface area contributed by atoms with Crippen molar-refractivity contribution >= 4 is 16.8 Å². The molecule has 1 N–H and O–H groups in total. The molecule has 10 heteroatoms. The van der Waals surface area contributed by atoms with Crippen LogP contribution in [0.5, 0.6) is 0 Å². The summed E-state index contributed by atoms with van der Waals surface area (Å²) in [5.41, 5.74) is 0.112. The first kappa shape index (κ1) is 17.4. The molecule has 1 aromatic carbocycles. The monoisotopic (exact) mass is 377 g/mol. The van der Waals surface area contributed by atoms with E-state index in [2.05, 4.69) is 20.2 Å². The third-order valence-corrected chi connectivity index (χ3v) is 4.34. The minimum Gasteiger partial charge on any atom is -0.378 e. The SMILES string of the molecule is O=C(c1ncc(-c2cc(C(F)(F)F)cc3[nH]ncc23)cn1)N1CCOCC1. The average Bonchev–Trinajstić information content (AvgIpc) is 3.15. The standard InChI is InChI=1S/C17H14F3N5O2/c18-17(19,20)11-5-12(13-9-23-24-14(13)6-11)10-7-21-15(22-8-10)16(26)25-1-3-27-4-2-25/h5-9H,1-4H2,(H,23,24). The number of alkyl halides is 3. The summed E-state index contributed by atoms with van der Waals surface area (Å²) < 4.78 is 44.7. The van der Waals surface area contributed by atoms with Crippen LogP contribution in [0.1, 0.15) is 16.2 Å². The molecule has 27 heavy (non-hydrogen) atoms. The summed E-state index contributed by atoms with van der Waals surface area (Å²) in [6.07, 6.45) is -0.357. The van der Waals surface area contributed by atoms with Crippen LogP contribution in [-0.4, -0.2) is 57.3 Å². The number of carbonyl (C=O) groups is 1. The van der Waals surface area contributed by atoms with Crippen molar-refractivity contribution in [1.29, 1.82) is 0 Å². The van der Waals surface area contributed by atoms with E-state index in [1.807, 2.05) is 0 Å². The molecular weight excluding hydrogens is 363 g/mol. The molecule has 7 nitrogen and oxygen atoms in total. The Hall–Kier alpha value is -3.01. The molecule has 0 aliphatic carbocycles. The van der Waals surface area contributed by atoms with Crippen LogP contribution in [0.15, 0.2) is 30.7 Å². The van der Waals surface area contributed by atoms with Crippen LogP contribution in [0.2, 0.25) is 0 Å². The van der Waals surface area contributed by atoms with Gasteiger partial charge >= 0.3 is 6.18 Å². The van der Waals surface area contributed by atoms with Gasteiger partial charge in [0.25, 0.3) is 5.91 Å². The van der Waals surface area contributed by atoms with Crippen molar-refractivity contribution < 1.29 is 22.7 Å². The van der Waals surface area contributed by atoms with Gasteiger partial charge in [-0.05, 0) is 17.7 Å². The topological polar surface area (TPSA) is 84.0 Å². The Bertz CT molecular complexity index is 978. The summed E-state index contributed by atoms with van der Waals surface area (Å²) in [5, 5.41) is 6.88. The second-order valence-electron chi connectivity index (χ2n) is 6.05. The second-order valence-corrected chi connectivity index (χ2v) is 6.05. The summed E-state index contributed by atoms with van der Waals surface area (Å²) in [7, 11) is 0. The van der Waals surface area contributed by atoms with E-state index in [-0.39, 0.29) is 17.2 Å². The zero-order valence-electron chi connectivity index (χ0n) is 14.0. The Balaban J connectivity index is 1.69. The lowest BCUT2D eigenvalue weighted by molar-refractivity contribution is -0.137. The van der Waals surface area contributed by atoms with Crippen molar-refractivity contribution in [3.63, 3.8) is 0 Å². The van der Waals surface area contributed by atoms with Crippen LogP contribution in [-0.2, 0) is 10.9 Å². The molecule has 1 aliphatic heterocycles. The maximum absolute atomic E-state index is 13.2. The molecule has 4 rings (SSSR count). The number of nitrogens with zero attached hydrogens (tertiary/aromatic N) is 4. The van der Waals surface area contributed by atoms with Gasteiger partial charge < -0.3 is 9.64 Å². The maximum atomic E-state index is 13.2. The van der Waals surface area contributed by atoms with E-state index in [1.54, 1.807) is 4.90 Å². The van der Waals surface area contributed by atoms with Gasteiger partial charge in [-0.2, -0.15) is 18.3 Å². The number of nitrogens with one attached hydrogen (secondary N) is 1. The molecule has 3 heterocycles. The van der Waals surface area contributed by atoms with E-state index in [0.717, 1.165) is 12.1 Å². The summed E-state index contributed by atoms with van der Waals surface area (Å²) >= 11 is 0. The van der Waals surface area contributed by atoms with Gasteiger partial charge in [-0.15, -0.1) is 0 Å². The molecule has 0 spiro atoms. The highest BCUT2D eigenvalue weighted by molar-refractivity contribution is 5.95. The quantitative estimate of drug-likeness (QED) is 0.742. The number of morpholine rings is 1. The number of fused-ring (bicyclic) bond motifs is 1. The summed E-state index contributed by atoms with van der Waals surface area (Å²) in [4.78, 5) is 22.1. The number of amides is 1. The predicted octanol–water partition coefficient (Wildman–Crippen LogP) is 2.51. The first-order valence-electron chi connectivity index (χ1n) is 8.17. The third kappa shape index (κ3) is 3.35. The van der Waals surface area contributed by atoms with Crippen molar-refractivity contribution in [1.82, 2.24) is 25.1 Å². The fourth-order valence-corrected chi connectivity index (χ4v) is 2.94. The van der Waals surface area contributed by atoms with E-state index in [9.17, 15) is 18.0 Å². The number of halogens is 3. The number of ether oxygens (including phenoxy) is 1. The number of aromatic amines is 1. The van der Waals surface area contributed by atoms with Crippen LogP contribution in [0, 0.1) is 0 Å². The highest BCUT2D eigenvalue weighted by Gasteiger charge is 2.32. The summed E-state index contributed by atoms with van der Waals surface area (Å²) in [5.74, 6) is -0.335. The van der Waals surface area contributed by atoms with Crippen LogP contribution in [0.4, 0.5) is 13.2 Å². The molecule has 2 aromatic heterocycles. The molecule has 140 valence electrons. The van der Waals surface area contributed by atoms with Crippen molar-refractivity contribution in [2.75, 3.05) is 26.3 Å². The Morgan fingerprint density at radius 1 is 1.11 bits per heavy atom. The van der Waals surface area contributed by atoms with Crippen LogP contribution < -0.4 is 0 Å². The Morgan fingerprint density at radius 2 is 1.81 bits per heavy atom. The summed E-state index contributed by atoms with van der Waals surface area (Å²) in [6.45, 7) is 1.81. The molecule has 1 aliphatic rings. The van der Waals surface area contributed by atoms with Crippen molar-refractivity contribution in [3.05, 3.63) is 42.1 Å². The van der Waals surface area contributed by atoms with Gasteiger partial charge in [-0.25, -0.2) is 9.97 Å². The number of hydrogen-bond acceptors (Lipinski definition) is 5. The minimum absolute atomic E-state index is 0.00364. The lowest BCUT2D eigenvalue weighted by Crippen LogP contribution is -2.41. The van der Waals surface area contributed by atoms with Crippen molar-refractivity contribution in [3.8, 4) is 11.1 Å². The number of aromatic nitrogens is 4. The smallest absolute Gasteiger partial charge is 0.378 e. The van der Waals surface area contributed by atoms with E-state index in [1.165, 1.54) is 18.6 Å². The zero-order chi connectivity index (χ0) is 19.0. The minimum atomic E-state index is -4.50. The van der Waals surface area contributed by atoms with Gasteiger partial charge in [0.05, 0.1) is 30.5 Å². The average molecular weight is 377 g/mol. The molecule has 1 fully saturated rings. The number of benzene rings is 1. The Labute approximate surface area is 151 Å². The largest absolute Gasteiger partial charge is 0.416 e. The molecule has 0 radical (unpaired) electrons. The van der Waals surface area contributed by atoms with Crippen LogP contribution in [0.25, 0.3) is 22.0 Å². The highest BCUT2D eigenvalue weighted by atomic mass is 19.4. The Morgan fingerprint density at radius 3 is 2.48 bits per heavy atom. The van der Waals surface area contributed by atoms with Gasteiger partial charge in [0.2, 0.25) is 5.82 Å². The zero-order valence-corrected chi connectivity index (χ0v) is 14.0. The van der Waals surface area contributed by atoms with Crippen molar-refractivity contribution in [2.24, 2.45) is 0 Å². The van der Waals surface area contributed by atoms with E-state index >= 15 is 0 Å². The van der Waals surface area contributed by atoms with E-state index in [0.29, 0.717) is 42.8 Å². The Kier molecular flexibility index (Phi) is 4.27. The van der Waals surface area contributed by atoms with Gasteiger partial charge in [0, 0.05) is 36.4 Å². The fourth-order valence-electron chi connectivity index (χ4n) is 2.94. The number of H-pyrrole nitrogens is 1. The number of carbonyl (C=O) groups excluding carboxylic acids is 1. The predicted molar refractivity (Wildman–Crippen MR) is 88.8 cm³/mol. The molecule has 1 saturated heterocycles. The molecule has 0 bridgehead atoms. The van der Waals surface area contributed by atoms with Gasteiger partial charge in [0.1, 0.15) is 0 Å². The highest BCUT2D eigenvalue weighted by Crippen LogP contribution is 2.36. The van der Waals surface area contributed by atoms with Gasteiger partial charge in [-0.3, -0.25) is 9.89 Å².